The Bertz CT molecular complexity index is 7.51. The van der Waals surface area contributed by atoms with E-state index >= 15 is 0 Å². The monoisotopic (exact) mass is 224 g/mol. The van der Waals surface area contributed by atoms with Crippen molar-refractivity contribution in [3.05, 3.63) is 0 Å². The van der Waals surface area contributed by atoms with Crippen molar-refractivity contribution in [3.63, 3.8) is 0 Å². The third kappa shape index (κ3) is 36.1. The first kappa shape index (κ1) is 93.0. The topological polar surface area (TPSA) is 0 Å². The molecule has 0 saturated heterocycles. The fraction of sp³-hybridized carbons (Fsp3) is 0. The van der Waals surface area contributed by atoms with Crippen LogP contribution < -0.4 is 0 Å². The van der Waals surface area contributed by atoms with E-state index in [1.807, 2.05) is 0 Å². The van der Waals surface area contributed by atoms with Crippen molar-refractivity contribution in [1.29, 1.82) is 0 Å². The molecule has 0 amide bonds. The van der Waals surface area contributed by atoms with E-state index in [9.17, 15) is 0 Å². The maximum Gasteiger partial charge on any atom is 0 e. The van der Waals surface area contributed by atoms with Crippen LogP contribution in [0.4, 0.5) is 0 Å². The summed E-state index contributed by atoms with van der Waals surface area (Å²) in [6, 6.07) is 0. The molecule has 6 heavy (non-hydrogen) atoms. The normalized spacial score (nSPS) is 0. The molecule has 0 nitrogen and oxygen atoms in total. The molecular formula is H8Cl4SiTi. The van der Waals surface area contributed by atoms with Gasteiger partial charge in [0.1, 0.15) is 0 Å². The zero-order chi connectivity index (χ0) is 0. The summed E-state index contributed by atoms with van der Waals surface area (Å²) in [7, 11) is 0. The molecular weight excluding hydrogens is 218 g/mol. The van der Waals surface area contributed by atoms with Crippen LogP contribution in [0.2, 0.25) is 0 Å². The molecule has 0 heterocycles. The van der Waals surface area contributed by atoms with Crippen LogP contribution >= 0.6 is 49.6 Å². The maximum absolute atomic E-state index is 0. The molecule has 0 aliphatic carbocycles. The minimum atomic E-state index is 0. The van der Waals surface area contributed by atoms with Gasteiger partial charge in [0.2, 0.25) is 0 Å². The summed E-state index contributed by atoms with van der Waals surface area (Å²) in [6.45, 7) is 0. The summed E-state index contributed by atoms with van der Waals surface area (Å²) >= 11 is 0. The van der Waals surface area contributed by atoms with Gasteiger partial charge in [0, 0.05) is 21.7 Å². The van der Waals surface area contributed by atoms with E-state index < -0.39 is 0 Å². The molecule has 0 aromatic heterocycles. The molecule has 0 spiro atoms. The molecule has 0 rings (SSSR count). The Morgan fingerprint density at radius 2 is 0.500 bits per heavy atom. The second-order valence-corrected chi connectivity index (χ2v) is 0. The third-order valence-corrected chi connectivity index (χ3v) is 0. The molecule has 0 unspecified atom stereocenters. The van der Waals surface area contributed by atoms with Crippen molar-refractivity contribution in [1.82, 2.24) is 0 Å². The standard InChI is InChI=1S/4ClH.H4Si.Ti/h4*1H;1H4;. The van der Waals surface area contributed by atoms with Crippen molar-refractivity contribution in [2.24, 2.45) is 0 Å². The van der Waals surface area contributed by atoms with Crippen LogP contribution in [0.3, 0.4) is 0 Å². The Morgan fingerprint density at radius 1 is 0.500 bits per heavy atom. The summed E-state index contributed by atoms with van der Waals surface area (Å²) in [5.41, 5.74) is 0. The summed E-state index contributed by atoms with van der Waals surface area (Å²) in [6.07, 6.45) is 0. The minimum Gasteiger partial charge on any atom is -0.147 e. The van der Waals surface area contributed by atoms with Gasteiger partial charge in [-0.3, -0.25) is 0 Å². The second-order valence-electron chi connectivity index (χ2n) is 0. The smallest absolute Gasteiger partial charge is 0 e. The van der Waals surface area contributed by atoms with E-state index in [1.54, 1.807) is 0 Å². The Kier molecular flexibility index (Phi) is 933. The first-order valence-corrected chi connectivity index (χ1v) is 0. The van der Waals surface area contributed by atoms with Crippen molar-refractivity contribution in [2.75, 3.05) is 0 Å². The number of hydrogen-bond donors (Lipinski definition) is 0. The number of hydrogen-bond acceptors (Lipinski definition) is 0. The van der Waals surface area contributed by atoms with Crippen molar-refractivity contribution >= 4 is 60.6 Å². The van der Waals surface area contributed by atoms with Crippen molar-refractivity contribution in [2.45, 2.75) is 0 Å². The maximum atomic E-state index is 0. The molecule has 0 aliphatic heterocycles. The number of rotatable bonds is 0. The molecule has 0 aromatic carbocycles. The summed E-state index contributed by atoms with van der Waals surface area (Å²) in [5, 5.41) is 0. The van der Waals surface area contributed by atoms with Gasteiger partial charge >= 0.3 is 0 Å². The molecule has 44 valence electrons. The molecule has 0 N–H and O–H groups in total. The predicted molar refractivity (Wildman–Crippen MR) is 40.3 cm³/mol. The van der Waals surface area contributed by atoms with Crippen LogP contribution in [0.1, 0.15) is 0 Å². The van der Waals surface area contributed by atoms with Gasteiger partial charge in [-0.15, -0.1) is 49.6 Å². The van der Waals surface area contributed by atoms with Crippen molar-refractivity contribution < 1.29 is 21.7 Å². The first-order valence-electron chi connectivity index (χ1n) is 0. The van der Waals surface area contributed by atoms with Crippen LogP contribution in [-0.4, -0.2) is 11.0 Å². The van der Waals surface area contributed by atoms with Gasteiger partial charge in [0.05, 0.1) is 0 Å². The van der Waals surface area contributed by atoms with Crippen molar-refractivity contribution in [3.8, 4) is 0 Å². The van der Waals surface area contributed by atoms with E-state index in [0.29, 0.717) is 0 Å². The SMILES string of the molecule is Cl.Cl.Cl.Cl.[SiH4].[Ti]. The molecule has 0 bridgehead atoms. The average molecular weight is 226 g/mol. The molecule has 0 aromatic rings. The largest absolute Gasteiger partial charge is 0.147 e. The van der Waals surface area contributed by atoms with E-state index in [0.717, 1.165) is 0 Å². The van der Waals surface area contributed by atoms with Gasteiger partial charge in [-0.2, -0.15) is 0 Å². The van der Waals surface area contributed by atoms with Crippen LogP contribution in [0.15, 0.2) is 0 Å². The van der Waals surface area contributed by atoms with Gasteiger partial charge in [-0.05, 0) is 11.0 Å². The van der Waals surface area contributed by atoms with Gasteiger partial charge in [-0.1, -0.05) is 0 Å². The summed E-state index contributed by atoms with van der Waals surface area (Å²) in [5.74, 6) is 0. The quantitative estimate of drug-likeness (QED) is 0.518. The minimum absolute atomic E-state index is 0. The van der Waals surface area contributed by atoms with Crippen LogP contribution in [-0.2, 0) is 21.7 Å². The fourth-order valence-corrected chi connectivity index (χ4v) is 0. The van der Waals surface area contributed by atoms with Gasteiger partial charge in [0.25, 0.3) is 0 Å². The Hall–Kier alpha value is 2.09. The third-order valence-electron chi connectivity index (χ3n) is 0. The summed E-state index contributed by atoms with van der Waals surface area (Å²) < 4.78 is 0. The molecule has 0 fully saturated rings. The fourth-order valence-electron chi connectivity index (χ4n) is 0. The average Bonchev–Trinajstić information content (AvgIpc) is 0. The van der Waals surface area contributed by atoms with E-state index in [4.69, 9.17) is 0 Å². The van der Waals surface area contributed by atoms with E-state index in [-0.39, 0.29) is 82.3 Å². The molecule has 0 aliphatic rings. The second kappa shape index (κ2) is 60.2. The summed E-state index contributed by atoms with van der Waals surface area (Å²) in [4.78, 5) is 0. The Labute approximate surface area is 81.8 Å². The Morgan fingerprint density at radius 3 is 0.500 bits per heavy atom. The first-order chi connectivity index (χ1) is 0. The molecule has 0 saturated carbocycles. The van der Waals surface area contributed by atoms with Gasteiger partial charge in [-0.25, -0.2) is 0 Å². The van der Waals surface area contributed by atoms with Crippen LogP contribution in [0.25, 0.3) is 0 Å². The van der Waals surface area contributed by atoms with Gasteiger partial charge < -0.3 is 0 Å². The zero-order valence-electron chi connectivity index (χ0n) is 2.13. The zero-order valence-corrected chi connectivity index (χ0v) is 6.96. The molecule has 6 heteroatoms. The van der Waals surface area contributed by atoms with E-state index in [1.165, 1.54) is 0 Å². The number of halogens is 4. The molecule has 0 atom stereocenters. The van der Waals surface area contributed by atoms with Crippen LogP contribution in [0, 0.1) is 0 Å². The Balaban J connectivity index is 0. The van der Waals surface area contributed by atoms with Gasteiger partial charge in [0.15, 0.2) is 0 Å². The van der Waals surface area contributed by atoms with Crippen LogP contribution in [0.5, 0.6) is 0 Å². The predicted octanol–water partition coefficient (Wildman–Crippen LogP) is 0.233. The van der Waals surface area contributed by atoms with E-state index in [2.05, 4.69) is 0 Å². The molecule has 0 radical (unpaired) electrons.